The van der Waals surface area contributed by atoms with Crippen molar-refractivity contribution in [2.45, 2.75) is 46.6 Å². The van der Waals surface area contributed by atoms with Crippen molar-refractivity contribution in [2.75, 3.05) is 5.73 Å². The molecule has 0 aliphatic heterocycles. The number of carbonyl (C=O) groups excluding carboxylic acids is 2. The number of hydrogen-bond donors (Lipinski definition) is 2. The SMILES string of the molecule is Cc1ccc(-c2cc(CC(=O)Cc3ccc(-c4nn(C(C)C)c(N)c4C(N)=O)cc3)on2)c(C)c1. The molecular weight excluding hydrogens is 442 g/mol. The van der Waals surface area contributed by atoms with Gasteiger partial charge < -0.3 is 16.0 Å². The molecule has 4 aromatic rings. The van der Waals surface area contributed by atoms with Crippen molar-refractivity contribution in [3.05, 3.63) is 76.5 Å². The van der Waals surface area contributed by atoms with Crippen molar-refractivity contribution in [2.24, 2.45) is 5.73 Å². The summed E-state index contributed by atoms with van der Waals surface area (Å²) in [4.78, 5) is 24.7. The number of primary amides is 1. The van der Waals surface area contributed by atoms with Gasteiger partial charge in [0.25, 0.3) is 5.91 Å². The minimum absolute atomic E-state index is 0.00670. The van der Waals surface area contributed by atoms with Gasteiger partial charge in [-0.3, -0.25) is 9.59 Å². The first-order chi connectivity index (χ1) is 16.6. The van der Waals surface area contributed by atoms with Crippen LogP contribution in [0.1, 0.15) is 52.7 Å². The van der Waals surface area contributed by atoms with E-state index in [2.05, 4.69) is 16.3 Å². The molecule has 2 heterocycles. The number of amides is 1. The molecule has 0 atom stereocenters. The van der Waals surface area contributed by atoms with Gasteiger partial charge in [-0.1, -0.05) is 53.2 Å². The number of benzene rings is 2. The lowest BCUT2D eigenvalue weighted by Gasteiger charge is -2.06. The molecule has 4 rings (SSSR count). The van der Waals surface area contributed by atoms with E-state index in [9.17, 15) is 9.59 Å². The van der Waals surface area contributed by atoms with Crippen LogP contribution >= 0.6 is 0 Å². The third-order valence-electron chi connectivity index (χ3n) is 5.90. The molecule has 35 heavy (non-hydrogen) atoms. The average molecular weight is 472 g/mol. The predicted octanol–water partition coefficient (Wildman–Crippen LogP) is 4.44. The predicted molar refractivity (Wildman–Crippen MR) is 135 cm³/mol. The van der Waals surface area contributed by atoms with E-state index in [1.54, 1.807) is 4.68 Å². The number of anilines is 1. The lowest BCUT2D eigenvalue weighted by Crippen LogP contribution is -2.15. The molecule has 0 spiro atoms. The van der Waals surface area contributed by atoms with Gasteiger partial charge >= 0.3 is 0 Å². The summed E-state index contributed by atoms with van der Waals surface area (Å²) in [5.41, 5.74) is 17.8. The zero-order valence-electron chi connectivity index (χ0n) is 20.3. The van der Waals surface area contributed by atoms with E-state index in [1.807, 2.05) is 70.2 Å². The van der Waals surface area contributed by atoms with Crippen LogP contribution in [0.2, 0.25) is 0 Å². The molecule has 8 heteroatoms. The molecule has 0 radical (unpaired) electrons. The number of hydrogen-bond acceptors (Lipinski definition) is 6. The van der Waals surface area contributed by atoms with Crippen molar-refractivity contribution < 1.29 is 14.1 Å². The summed E-state index contributed by atoms with van der Waals surface area (Å²) in [6.07, 6.45) is 0.395. The van der Waals surface area contributed by atoms with Gasteiger partial charge in [-0.15, -0.1) is 0 Å². The number of nitrogens with two attached hydrogens (primary N) is 2. The fraction of sp³-hybridized carbons (Fsp3) is 0.259. The summed E-state index contributed by atoms with van der Waals surface area (Å²) in [7, 11) is 0. The summed E-state index contributed by atoms with van der Waals surface area (Å²) >= 11 is 0. The van der Waals surface area contributed by atoms with Crippen molar-refractivity contribution in [1.82, 2.24) is 14.9 Å². The molecule has 0 saturated heterocycles. The lowest BCUT2D eigenvalue weighted by atomic mass is 10.0. The fourth-order valence-corrected chi connectivity index (χ4v) is 4.18. The van der Waals surface area contributed by atoms with Crippen LogP contribution in [-0.2, 0) is 17.6 Å². The van der Waals surface area contributed by atoms with Crippen LogP contribution in [0.15, 0.2) is 53.1 Å². The highest BCUT2D eigenvalue weighted by Gasteiger charge is 2.22. The Morgan fingerprint density at radius 2 is 1.74 bits per heavy atom. The maximum Gasteiger partial charge on any atom is 0.254 e. The number of rotatable bonds is 8. The zero-order chi connectivity index (χ0) is 25.3. The second-order valence-corrected chi connectivity index (χ2v) is 9.10. The fourth-order valence-electron chi connectivity index (χ4n) is 4.18. The van der Waals surface area contributed by atoms with E-state index in [4.69, 9.17) is 16.0 Å². The number of nitrogen functional groups attached to an aromatic ring is 1. The molecule has 0 aliphatic carbocycles. The Morgan fingerprint density at radius 3 is 2.37 bits per heavy atom. The number of aryl methyl sites for hydroxylation is 2. The molecule has 2 aromatic heterocycles. The van der Waals surface area contributed by atoms with E-state index < -0.39 is 5.91 Å². The maximum atomic E-state index is 12.7. The van der Waals surface area contributed by atoms with Crippen molar-refractivity contribution in [1.29, 1.82) is 0 Å². The van der Waals surface area contributed by atoms with Gasteiger partial charge in [0.15, 0.2) is 0 Å². The van der Waals surface area contributed by atoms with Gasteiger partial charge in [0, 0.05) is 29.7 Å². The smallest absolute Gasteiger partial charge is 0.254 e. The van der Waals surface area contributed by atoms with Crippen LogP contribution in [0.25, 0.3) is 22.5 Å². The quantitative estimate of drug-likeness (QED) is 0.391. The second kappa shape index (κ2) is 9.58. The van der Waals surface area contributed by atoms with Crippen molar-refractivity contribution in [3.63, 3.8) is 0 Å². The Kier molecular flexibility index (Phi) is 6.55. The molecule has 4 N–H and O–H groups in total. The monoisotopic (exact) mass is 471 g/mol. The third kappa shape index (κ3) is 5.01. The van der Waals surface area contributed by atoms with E-state index >= 15 is 0 Å². The normalized spacial score (nSPS) is 11.2. The van der Waals surface area contributed by atoms with Crippen LogP contribution in [-0.4, -0.2) is 26.6 Å². The summed E-state index contributed by atoms with van der Waals surface area (Å²) in [5.74, 6) is 0.152. The Morgan fingerprint density at radius 1 is 1.03 bits per heavy atom. The minimum atomic E-state index is -0.629. The number of carbonyl (C=O) groups is 2. The van der Waals surface area contributed by atoms with E-state index in [1.165, 1.54) is 5.56 Å². The third-order valence-corrected chi connectivity index (χ3v) is 5.90. The van der Waals surface area contributed by atoms with Gasteiger partial charge in [-0.2, -0.15) is 5.10 Å². The van der Waals surface area contributed by atoms with Gasteiger partial charge in [-0.25, -0.2) is 4.68 Å². The topological polar surface area (TPSA) is 130 Å². The summed E-state index contributed by atoms with van der Waals surface area (Å²) < 4.78 is 7.00. The van der Waals surface area contributed by atoms with Crippen LogP contribution in [0.3, 0.4) is 0 Å². The Hall–Kier alpha value is -4.20. The Bertz CT molecular complexity index is 1400. The van der Waals surface area contributed by atoms with E-state index in [0.29, 0.717) is 17.0 Å². The highest BCUT2D eigenvalue weighted by atomic mass is 16.5. The molecule has 0 fully saturated rings. The molecule has 8 nitrogen and oxygen atoms in total. The van der Waals surface area contributed by atoms with Crippen LogP contribution in [0.4, 0.5) is 5.82 Å². The second-order valence-electron chi connectivity index (χ2n) is 9.10. The van der Waals surface area contributed by atoms with Gasteiger partial charge in [0.05, 0.1) is 6.42 Å². The molecule has 0 unspecified atom stereocenters. The van der Waals surface area contributed by atoms with E-state index in [0.717, 1.165) is 22.4 Å². The molecule has 1 amide bonds. The van der Waals surface area contributed by atoms with Crippen LogP contribution in [0, 0.1) is 13.8 Å². The largest absolute Gasteiger partial charge is 0.383 e. The Labute approximate surface area is 203 Å². The first-order valence-corrected chi connectivity index (χ1v) is 11.5. The van der Waals surface area contributed by atoms with Crippen molar-refractivity contribution >= 4 is 17.5 Å². The number of aromatic nitrogens is 3. The summed E-state index contributed by atoms with van der Waals surface area (Å²) in [6, 6.07) is 15.2. The van der Waals surface area contributed by atoms with E-state index in [-0.39, 0.29) is 36.0 Å². The lowest BCUT2D eigenvalue weighted by molar-refractivity contribution is -0.118. The molecule has 0 aliphatic rings. The number of ketones is 1. The Balaban J connectivity index is 1.46. The maximum absolute atomic E-state index is 12.7. The van der Waals surface area contributed by atoms with Gasteiger partial charge in [0.1, 0.15) is 34.3 Å². The molecule has 0 bridgehead atoms. The molecule has 180 valence electrons. The molecular formula is C27H29N5O3. The first-order valence-electron chi connectivity index (χ1n) is 11.5. The summed E-state index contributed by atoms with van der Waals surface area (Å²) in [5, 5.41) is 8.63. The van der Waals surface area contributed by atoms with Gasteiger partial charge in [0.2, 0.25) is 0 Å². The average Bonchev–Trinajstić information content (AvgIpc) is 3.38. The van der Waals surface area contributed by atoms with Crippen LogP contribution in [0.5, 0.6) is 0 Å². The first kappa shape index (κ1) is 23.9. The van der Waals surface area contributed by atoms with Crippen LogP contribution < -0.4 is 11.5 Å². The molecule has 0 saturated carbocycles. The highest BCUT2D eigenvalue weighted by Crippen LogP contribution is 2.29. The standard InChI is InChI=1S/C27H29N5O3/c1-15(2)32-26(28)24(27(29)34)25(30-32)19-8-6-18(7-9-19)12-20(33)13-21-14-23(31-35-21)22-10-5-16(3)11-17(22)4/h5-11,14-15H,12-13,28H2,1-4H3,(H2,29,34). The summed E-state index contributed by atoms with van der Waals surface area (Å²) in [6.45, 7) is 7.91. The number of nitrogens with zero attached hydrogens (tertiary/aromatic N) is 3. The zero-order valence-corrected chi connectivity index (χ0v) is 20.3. The highest BCUT2D eigenvalue weighted by molar-refractivity contribution is 6.03. The minimum Gasteiger partial charge on any atom is -0.383 e. The molecule has 2 aromatic carbocycles. The van der Waals surface area contributed by atoms with Gasteiger partial charge in [-0.05, 0) is 38.8 Å². The van der Waals surface area contributed by atoms with Crippen molar-refractivity contribution in [3.8, 4) is 22.5 Å². The number of Topliss-reactive ketones (excluding diaryl/α,β-unsaturated/α-hetero) is 1.